The van der Waals surface area contributed by atoms with Gasteiger partial charge in [0.05, 0.1) is 13.2 Å². The first-order valence-electron chi connectivity index (χ1n) is 4.89. The minimum Gasteiger partial charge on any atom is -0.467 e. The summed E-state index contributed by atoms with van der Waals surface area (Å²) in [6, 6.07) is 0.0228. The number of amides is 1. The van der Waals surface area contributed by atoms with Crippen molar-refractivity contribution in [2.24, 2.45) is 0 Å². The van der Waals surface area contributed by atoms with Crippen molar-refractivity contribution >= 4 is 11.9 Å². The molecule has 2 rings (SSSR count). The second-order valence-electron chi connectivity index (χ2n) is 3.79. The lowest BCUT2D eigenvalue weighted by Crippen LogP contribution is -2.52. The first-order chi connectivity index (χ1) is 7.15. The van der Waals surface area contributed by atoms with Crippen molar-refractivity contribution in [2.45, 2.75) is 24.4 Å². The lowest BCUT2D eigenvalue weighted by molar-refractivity contribution is -0.154. The van der Waals surface area contributed by atoms with E-state index in [-0.39, 0.29) is 11.9 Å². The predicted octanol–water partition coefficient (Wildman–Crippen LogP) is 0.645. The fourth-order valence-electron chi connectivity index (χ4n) is 2.39. The molecule has 0 aromatic rings. The topological polar surface area (TPSA) is 46.6 Å². The standard InChI is InChI=1S/C11H13NO3/c1-3-11(10(14)15-2)7-6-8-4-5-9(13)12(8)11/h3-5,8H,1,6-7H2,2H3/t8-,11+/m0/s1. The Morgan fingerprint density at radius 3 is 3.13 bits per heavy atom. The summed E-state index contributed by atoms with van der Waals surface area (Å²) in [7, 11) is 1.33. The Morgan fingerprint density at radius 1 is 1.80 bits per heavy atom. The summed E-state index contributed by atoms with van der Waals surface area (Å²) < 4.78 is 4.75. The van der Waals surface area contributed by atoms with Crippen LogP contribution < -0.4 is 0 Å². The maximum absolute atomic E-state index is 11.7. The van der Waals surface area contributed by atoms with E-state index in [1.54, 1.807) is 4.90 Å². The number of hydrogen-bond acceptors (Lipinski definition) is 3. The van der Waals surface area contributed by atoms with E-state index in [9.17, 15) is 9.59 Å². The molecule has 80 valence electrons. The molecule has 2 aliphatic rings. The van der Waals surface area contributed by atoms with Crippen molar-refractivity contribution in [3.8, 4) is 0 Å². The number of hydrogen-bond donors (Lipinski definition) is 0. The van der Waals surface area contributed by atoms with Gasteiger partial charge in [0, 0.05) is 6.08 Å². The lowest BCUT2D eigenvalue weighted by Gasteiger charge is -2.32. The van der Waals surface area contributed by atoms with Crippen LogP contribution in [0.3, 0.4) is 0 Å². The Labute approximate surface area is 88.2 Å². The zero-order valence-corrected chi connectivity index (χ0v) is 8.60. The molecule has 0 N–H and O–H groups in total. The first kappa shape index (κ1) is 9.96. The van der Waals surface area contributed by atoms with E-state index in [2.05, 4.69) is 6.58 Å². The minimum atomic E-state index is -0.958. The van der Waals surface area contributed by atoms with Crippen molar-refractivity contribution in [3.05, 3.63) is 24.8 Å². The van der Waals surface area contributed by atoms with Crippen molar-refractivity contribution in [2.75, 3.05) is 7.11 Å². The van der Waals surface area contributed by atoms with Crippen LogP contribution >= 0.6 is 0 Å². The molecule has 2 aliphatic heterocycles. The molecule has 1 fully saturated rings. The van der Waals surface area contributed by atoms with Crippen LogP contribution in [-0.4, -0.2) is 35.5 Å². The van der Waals surface area contributed by atoms with Gasteiger partial charge in [0.1, 0.15) is 0 Å². The molecule has 1 amide bonds. The summed E-state index contributed by atoms with van der Waals surface area (Å²) in [5.74, 6) is -0.542. The molecular weight excluding hydrogens is 194 g/mol. The molecule has 15 heavy (non-hydrogen) atoms. The van der Waals surface area contributed by atoms with Gasteiger partial charge in [-0.1, -0.05) is 12.2 Å². The second-order valence-corrected chi connectivity index (χ2v) is 3.79. The highest BCUT2D eigenvalue weighted by atomic mass is 16.5. The summed E-state index contributed by atoms with van der Waals surface area (Å²) in [6.45, 7) is 3.66. The van der Waals surface area contributed by atoms with E-state index in [1.807, 2.05) is 6.08 Å². The van der Waals surface area contributed by atoms with E-state index in [4.69, 9.17) is 4.74 Å². The van der Waals surface area contributed by atoms with Crippen LogP contribution in [0.25, 0.3) is 0 Å². The lowest BCUT2D eigenvalue weighted by atomic mass is 9.96. The third-order valence-corrected chi connectivity index (χ3v) is 3.16. The number of fused-ring (bicyclic) bond motifs is 1. The maximum atomic E-state index is 11.7. The Bertz CT molecular complexity index is 361. The zero-order valence-electron chi connectivity index (χ0n) is 8.60. The van der Waals surface area contributed by atoms with E-state index >= 15 is 0 Å². The number of ether oxygens (including phenoxy) is 1. The maximum Gasteiger partial charge on any atom is 0.335 e. The number of carbonyl (C=O) groups is 2. The quantitative estimate of drug-likeness (QED) is 0.493. The van der Waals surface area contributed by atoms with Gasteiger partial charge in [-0.15, -0.1) is 6.58 Å². The number of nitrogens with zero attached hydrogens (tertiary/aromatic N) is 1. The van der Waals surface area contributed by atoms with Crippen LogP contribution in [0.4, 0.5) is 0 Å². The molecule has 0 aliphatic carbocycles. The van der Waals surface area contributed by atoms with Crippen molar-refractivity contribution < 1.29 is 14.3 Å². The third-order valence-electron chi connectivity index (χ3n) is 3.16. The molecule has 0 bridgehead atoms. The van der Waals surface area contributed by atoms with Gasteiger partial charge in [-0.2, -0.15) is 0 Å². The van der Waals surface area contributed by atoms with E-state index in [0.717, 1.165) is 6.42 Å². The molecule has 0 saturated carbocycles. The van der Waals surface area contributed by atoms with Crippen LogP contribution in [0.2, 0.25) is 0 Å². The summed E-state index contributed by atoms with van der Waals surface area (Å²) >= 11 is 0. The molecule has 0 aromatic heterocycles. The predicted molar refractivity (Wildman–Crippen MR) is 54.0 cm³/mol. The molecule has 0 radical (unpaired) electrons. The van der Waals surface area contributed by atoms with Crippen LogP contribution in [-0.2, 0) is 14.3 Å². The summed E-state index contributed by atoms with van der Waals surface area (Å²) in [4.78, 5) is 24.9. The average Bonchev–Trinajstić information content (AvgIpc) is 2.80. The largest absolute Gasteiger partial charge is 0.467 e. The van der Waals surface area contributed by atoms with E-state index < -0.39 is 11.5 Å². The van der Waals surface area contributed by atoms with E-state index in [0.29, 0.717) is 6.42 Å². The summed E-state index contributed by atoms with van der Waals surface area (Å²) in [5.41, 5.74) is -0.958. The first-order valence-corrected chi connectivity index (χ1v) is 4.89. The van der Waals surface area contributed by atoms with Gasteiger partial charge in [-0.3, -0.25) is 4.79 Å². The number of esters is 1. The number of methoxy groups -OCH3 is 1. The summed E-state index contributed by atoms with van der Waals surface area (Å²) in [5, 5.41) is 0. The molecule has 4 nitrogen and oxygen atoms in total. The monoisotopic (exact) mass is 207 g/mol. The van der Waals surface area contributed by atoms with Crippen LogP contribution in [0.1, 0.15) is 12.8 Å². The fourth-order valence-corrected chi connectivity index (χ4v) is 2.39. The smallest absolute Gasteiger partial charge is 0.335 e. The van der Waals surface area contributed by atoms with Crippen LogP contribution in [0, 0.1) is 0 Å². The number of rotatable bonds is 2. The van der Waals surface area contributed by atoms with Gasteiger partial charge in [0.25, 0.3) is 0 Å². The molecule has 0 aromatic carbocycles. The van der Waals surface area contributed by atoms with Crippen molar-refractivity contribution in [1.82, 2.24) is 4.90 Å². The molecule has 2 atom stereocenters. The van der Waals surface area contributed by atoms with Crippen molar-refractivity contribution in [1.29, 1.82) is 0 Å². The van der Waals surface area contributed by atoms with Gasteiger partial charge in [-0.05, 0) is 12.8 Å². The van der Waals surface area contributed by atoms with Gasteiger partial charge < -0.3 is 9.64 Å². The zero-order chi connectivity index (χ0) is 11.1. The van der Waals surface area contributed by atoms with Crippen LogP contribution in [0.15, 0.2) is 24.8 Å². The molecule has 0 spiro atoms. The average molecular weight is 207 g/mol. The fraction of sp³-hybridized carbons (Fsp3) is 0.455. The van der Waals surface area contributed by atoms with Crippen molar-refractivity contribution in [3.63, 3.8) is 0 Å². The second kappa shape index (κ2) is 3.22. The van der Waals surface area contributed by atoms with Gasteiger partial charge in [-0.25, -0.2) is 4.79 Å². The highest BCUT2D eigenvalue weighted by molar-refractivity contribution is 5.97. The third kappa shape index (κ3) is 1.14. The molecular formula is C11H13NO3. The SMILES string of the molecule is C=C[C@]1(C(=O)OC)CC[C@@H]2C=CC(=O)N21. The highest BCUT2D eigenvalue weighted by Crippen LogP contribution is 2.39. The Hall–Kier alpha value is -1.58. The normalized spacial score (nSPS) is 33.0. The van der Waals surface area contributed by atoms with Gasteiger partial charge in [0.15, 0.2) is 5.54 Å². The van der Waals surface area contributed by atoms with Gasteiger partial charge >= 0.3 is 5.97 Å². The Kier molecular flexibility index (Phi) is 2.14. The minimum absolute atomic E-state index is 0.0228. The molecule has 2 heterocycles. The molecule has 4 heteroatoms. The molecule has 1 saturated heterocycles. The Balaban J connectivity index is 2.39. The number of carbonyl (C=O) groups excluding carboxylic acids is 2. The van der Waals surface area contributed by atoms with E-state index in [1.165, 1.54) is 19.3 Å². The van der Waals surface area contributed by atoms with Gasteiger partial charge in [0.2, 0.25) is 5.91 Å². The van der Waals surface area contributed by atoms with Crippen LogP contribution in [0.5, 0.6) is 0 Å². The summed E-state index contributed by atoms with van der Waals surface area (Å²) in [6.07, 6.45) is 6.22. The Morgan fingerprint density at radius 2 is 2.53 bits per heavy atom. The molecule has 0 unspecified atom stereocenters. The highest BCUT2D eigenvalue weighted by Gasteiger charge is 2.53.